The Labute approximate surface area is 97.2 Å². The maximum Gasteiger partial charge on any atom is 0.169 e. The lowest BCUT2D eigenvalue weighted by Gasteiger charge is -2.09. The molecule has 0 bridgehead atoms. The fourth-order valence-corrected chi connectivity index (χ4v) is 2.20. The summed E-state index contributed by atoms with van der Waals surface area (Å²) in [6, 6.07) is 5.41. The summed E-state index contributed by atoms with van der Waals surface area (Å²) in [6.07, 6.45) is 0.908. The standard InChI is InChI=1S/C11H13BrN2O/c12-8-1-2-10(13)9(5-8)11(15)7-3-4-14-6-7/h1-2,5,7,14H,3-4,6,13H2. The van der Waals surface area contributed by atoms with Crippen LogP contribution in [-0.2, 0) is 0 Å². The van der Waals surface area contributed by atoms with Crippen LogP contribution in [-0.4, -0.2) is 18.9 Å². The molecule has 3 N–H and O–H groups in total. The summed E-state index contributed by atoms with van der Waals surface area (Å²) >= 11 is 3.35. The second-order valence-electron chi connectivity index (χ2n) is 3.79. The third-order valence-corrected chi connectivity index (χ3v) is 3.21. The zero-order valence-electron chi connectivity index (χ0n) is 8.29. The normalized spacial score (nSPS) is 20.5. The molecule has 0 aromatic heterocycles. The first kappa shape index (κ1) is 10.6. The molecule has 0 spiro atoms. The van der Waals surface area contributed by atoms with Gasteiger partial charge in [-0.3, -0.25) is 4.79 Å². The first-order valence-corrected chi connectivity index (χ1v) is 5.78. The highest BCUT2D eigenvalue weighted by Crippen LogP contribution is 2.23. The molecule has 0 aliphatic carbocycles. The van der Waals surface area contributed by atoms with E-state index in [1.807, 2.05) is 6.07 Å². The third-order valence-electron chi connectivity index (χ3n) is 2.71. The SMILES string of the molecule is Nc1ccc(Br)cc1C(=O)C1CCNC1. The fraction of sp³-hybridized carbons (Fsp3) is 0.364. The van der Waals surface area contributed by atoms with Crippen molar-refractivity contribution in [2.24, 2.45) is 5.92 Å². The number of ketones is 1. The van der Waals surface area contributed by atoms with Crippen LogP contribution in [0.1, 0.15) is 16.8 Å². The number of nitrogens with two attached hydrogens (primary N) is 1. The number of Topliss-reactive ketones (excluding diaryl/α,β-unsaturated/α-hetero) is 1. The minimum Gasteiger partial charge on any atom is -0.398 e. The van der Waals surface area contributed by atoms with Gasteiger partial charge in [-0.15, -0.1) is 0 Å². The number of anilines is 1. The smallest absolute Gasteiger partial charge is 0.169 e. The average molecular weight is 269 g/mol. The largest absolute Gasteiger partial charge is 0.398 e. The molecule has 80 valence electrons. The topological polar surface area (TPSA) is 55.1 Å². The van der Waals surface area contributed by atoms with Crippen LogP contribution in [0.2, 0.25) is 0 Å². The number of halogens is 1. The van der Waals surface area contributed by atoms with E-state index in [9.17, 15) is 4.79 Å². The first-order chi connectivity index (χ1) is 7.18. The molecule has 15 heavy (non-hydrogen) atoms. The van der Waals surface area contributed by atoms with Crippen LogP contribution in [0.25, 0.3) is 0 Å². The van der Waals surface area contributed by atoms with Crippen LogP contribution in [0.15, 0.2) is 22.7 Å². The Morgan fingerprint density at radius 3 is 3.00 bits per heavy atom. The Kier molecular flexibility index (Phi) is 3.07. The molecule has 3 nitrogen and oxygen atoms in total. The van der Waals surface area contributed by atoms with E-state index < -0.39 is 0 Å². The van der Waals surface area contributed by atoms with Crippen LogP contribution >= 0.6 is 15.9 Å². The summed E-state index contributed by atoms with van der Waals surface area (Å²) in [5.41, 5.74) is 7.00. The van der Waals surface area contributed by atoms with Gasteiger partial charge in [-0.1, -0.05) is 15.9 Å². The van der Waals surface area contributed by atoms with Crippen molar-refractivity contribution in [1.29, 1.82) is 0 Å². The number of carbonyl (C=O) groups is 1. The van der Waals surface area contributed by atoms with Crippen molar-refractivity contribution < 1.29 is 4.79 Å². The van der Waals surface area contributed by atoms with Crippen LogP contribution in [0.3, 0.4) is 0 Å². The maximum absolute atomic E-state index is 12.1. The number of carbonyl (C=O) groups excluding carboxylic acids is 1. The van der Waals surface area contributed by atoms with Crippen LogP contribution < -0.4 is 11.1 Å². The monoisotopic (exact) mass is 268 g/mol. The van der Waals surface area contributed by atoms with Gasteiger partial charge < -0.3 is 11.1 Å². The quantitative estimate of drug-likeness (QED) is 0.636. The van der Waals surface area contributed by atoms with Gasteiger partial charge in [-0.2, -0.15) is 0 Å². The molecule has 1 saturated heterocycles. The molecule has 0 amide bonds. The molecule has 0 saturated carbocycles. The Bertz CT molecular complexity index is 386. The minimum atomic E-state index is 0.0848. The molecule has 2 rings (SSSR count). The number of hydrogen-bond donors (Lipinski definition) is 2. The number of hydrogen-bond acceptors (Lipinski definition) is 3. The van der Waals surface area contributed by atoms with Crippen molar-refractivity contribution in [2.75, 3.05) is 18.8 Å². The highest BCUT2D eigenvalue weighted by Gasteiger charge is 2.24. The minimum absolute atomic E-state index is 0.0848. The molecular formula is C11H13BrN2O. The first-order valence-electron chi connectivity index (χ1n) is 4.98. The summed E-state index contributed by atoms with van der Waals surface area (Å²) in [6.45, 7) is 1.69. The summed E-state index contributed by atoms with van der Waals surface area (Å²) in [7, 11) is 0. The van der Waals surface area contributed by atoms with E-state index in [-0.39, 0.29) is 11.7 Å². The number of benzene rings is 1. The molecule has 1 aromatic rings. The molecule has 1 fully saturated rings. The number of nitrogens with one attached hydrogen (secondary N) is 1. The van der Waals surface area contributed by atoms with E-state index >= 15 is 0 Å². The average Bonchev–Trinajstić information content (AvgIpc) is 2.74. The Morgan fingerprint density at radius 2 is 2.33 bits per heavy atom. The Balaban J connectivity index is 2.27. The lowest BCUT2D eigenvalue weighted by molar-refractivity contribution is 0.0931. The summed E-state index contributed by atoms with van der Waals surface area (Å²) < 4.78 is 0.894. The van der Waals surface area contributed by atoms with Gasteiger partial charge in [0.25, 0.3) is 0 Å². The Hall–Kier alpha value is -0.870. The van der Waals surface area contributed by atoms with Gasteiger partial charge >= 0.3 is 0 Å². The molecule has 1 aliphatic rings. The van der Waals surface area contributed by atoms with E-state index in [1.54, 1.807) is 12.1 Å². The second kappa shape index (κ2) is 4.33. The van der Waals surface area contributed by atoms with Gasteiger partial charge in [0.1, 0.15) is 0 Å². The zero-order valence-corrected chi connectivity index (χ0v) is 9.88. The van der Waals surface area contributed by atoms with Crippen molar-refractivity contribution in [2.45, 2.75) is 6.42 Å². The Morgan fingerprint density at radius 1 is 1.53 bits per heavy atom. The van der Waals surface area contributed by atoms with E-state index in [4.69, 9.17) is 5.73 Å². The van der Waals surface area contributed by atoms with Crippen molar-refractivity contribution in [3.05, 3.63) is 28.2 Å². The highest BCUT2D eigenvalue weighted by molar-refractivity contribution is 9.10. The molecule has 1 heterocycles. The molecule has 1 atom stereocenters. The lowest BCUT2D eigenvalue weighted by Crippen LogP contribution is -2.19. The predicted octanol–water partition coefficient (Wildman–Crippen LogP) is 1.82. The van der Waals surface area contributed by atoms with Gasteiger partial charge in [0.05, 0.1) is 0 Å². The van der Waals surface area contributed by atoms with E-state index in [2.05, 4.69) is 21.2 Å². The van der Waals surface area contributed by atoms with Gasteiger partial charge in [0.15, 0.2) is 5.78 Å². The van der Waals surface area contributed by atoms with Gasteiger partial charge in [0, 0.05) is 28.2 Å². The van der Waals surface area contributed by atoms with Crippen molar-refractivity contribution in [3.8, 4) is 0 Å². The van der Waals surface area contributed by atoms with Gasteiger partial charge in [-0.25, -0.2) is 0 Å². The number of rotatable bonds is 2. The van der Waals surface area contributed by atoms with E-state index in [0.717, 1.165) is 24.0 Å². The molecule has 0 radical (unpaired) electrons. The summed E-state index contributed by atoms with van der Waals surface area (Å²) in [5.74, 6) is 0.236. The lowest BCUT2D eigenvalue weighted by atomic mass is 9.96. The molecular weight excluding hydrogens is 256 g/mol. The van der Waals surface area contributed by atoms with Crippen LogP contribution in [0.5, 0.6) is 0 Å². The summed E-state index contributed by atoms with van der Waals surface area (Å²) in [4.78, 5) is 12.1. The van der Waals surface area contributed by atoms with Gasteiger partial charge in [0.2, 0.25) is 0 Å². The highest BCUT2D eigenvalue weighted by atomic mass is 79.9. The summed E-state index contributed by atoms with van der Waals surface area (Å²) in [5, 5.41) is 3.18. The maximum atomic E-state index is 12.1. The van der Waals surface area contributed by atoms with Gasteiger partial charge in [-0.05, 0) is 31.2 Å². The second-order valence-corrected chi connectivity index (χ2v) is 4.70. The fourth-order valence-electron chi connectivity index (χ4n) is 1.84. The van der Waals surface area contributed by atoms with E-state index in [1.165, 1.54) is 0 Å². The molecule has 4 heteroatoms. The zero-order chi connectivity index (χ0) is 10.8. The van der Waals surface area contributed by atoms with Crippen molar-refractivity contribution in [1.82, 2.24) is 5.32 Å². The van der Waals surface area contributed by atoms with Crippen molar-refractivity contribution in [3.63, 3.8) is 0 Å². The van der Waals surface area contributed by atoms with Crippen molar-refractivity contribution >= 4 is 27.4 Å². The number of nitrogen functional groups attached to an aromatic ring is 1. The molecule has 1 unspecified atom stereocenters. The third kappa shape index (κ3) is 2.21. The predicted molar refractivity (Wildman–Crippen MR) is 63.9 cm³/mol. The molecule has 1 aliphatic heterocycles. The van der Waals surface area contributed by atoms with Crippen LogP contribution in [0.4, 0.5) is 5.69 Å². The van der Waals surface area contributed by atoms with Crippen LogP contribution in [0, 0.1) is 5.92 Å². The molecule has 1 aromatic carbocycles. The van der Waals surface area contributed by atoms with E-state index in [0.29, 0.717) is 11.3 Å².